The molecule has 0 heterocycles. The minimum Gasteiger partial charge on any atom is -0.0654 e. The van der Waals surface area contributed by atoms with Gasteiger partial charge in [0.05, 0.1) is 0 Å². The van der Waals surface area contributed by atoms with E-state index in [0.29, 0.717) is 5.41 Å². The summed E-state index contributed by atoms with van der Waals surface area (Å²) in [7, 11) is 0. The number of unbranched alkanes of at least 4 members (excludes halogenated alkanes) is 3. The Bertz CT molecular complexity index is 150. The molecule has 0 aliphatic carbocycles. The number of rotatable bonds is 10. The van der Waals surface area contributed by atoms with Crippen LogP contribution < -0.4 is 0 Å². The van der Waals surface area contributed by atoms with Crippen LogP contribution in [0, 0.1) is 11.3 Å². The van der Waals surface area contributed by atoms with Gasteiger partial charge in [0.25, 0.3) is 0 Å². The highest BCUT2D eigenvalue weighted by Crippen LogP contribution is 2.41. The quantitative estimate of drug-likeness (QED) is 0.389. The minimum atomic E-state index is 0.610. The zero-order valence-corrected chi connectivity index (χ0v) is 12.4. The van der Waals surface area contributed by atoms with Crippen LogP contribution >= 0.6 is 0 Å². The van der Waals surface area contributed by atoms with Crippen molar-refractivity contribution < 1.29 is 0 Å². The number of hydrogen-bond donors (Lipinski definition) is 0. The summed E-state index contributed by atoms with van der Waals surface area (Å²) in [5.74, 6) is 0.954. The zero-order chi connectivity index (χ0) is 12.4. The fourth-order valence-corrected chi connectivity index (χ4v) is 2.94. The molecule has 2 atom stereocenters. The van der Waals surface area contributed by atoms with E-state index in [2.05, 4.69) is 34.6 Å². The molecule has 0 nitrogen and oxygen atoms in total. The lowest BCUT2D eigenvalue weighted by Gasteiger charge is -2.37. The minimum absolute atomic E-state index is 0.610. The Morgan fingerprint density at radius 2 is 1.50 bits per heavy atom. The molecule has 0 rings (SSSR count). The molecule has 0 aliphatic heterocycles. The highest BCUT2D eigenvalue weighted by Gasteiger charge is 2.29. The molecule has 0 aliphatic rings. The molecule has 0 bridgehead atoms. The first-order valence-corrected chi connectivity index (χ1v) is 7.64. The van der Waals surface area contributed by atoms with E-state index in [1.165, 1.54) is 57.8 Å². The van der Waals surface area contributed by atoms with E-state index < -0.39 is 0 Å². The maximum atomic E-state index is 2.53. The molecule has 16 heavy (non-hydrogen) atoms. The molecule has 2 unspecified atom stereocenters. The van der Waals surface area contributed by atoms with Gasteiger partial charge in [-0.2, -0.15) is 0 Å². The summed E-state index contributed by atoms with van der Waals surface area (Å²) in [6, 6.07) is 0. The smallest absolute Gasteiger partial charge is 0.0300 e. The standard InChI is InChI=1S/C16H34/c1-6-10-12-13-15(8-3)16(5,9-4)14-11-7-2/h15H,6-14H2,1-5H3. The Labute approximate surface area is 104 Å². The lowest BCUT2D eigenvalue weighted by Crippen LogP contribution is -2.26. The van der Waals surface area contributed by atoms with Gasteiger partial charge < -0.3 is 0 Å². The van der Waals surface area contributed by atoms with Gasteiger partial charge in [-0.25, -0.2) is 0 Å². The fraction of sp³-hybridized carbons (Fsp3) is 1.00. The topological polar surface area (TPSA) is 0 Å². The Morgan fingerprint density at radius 3 is 1.94 bits per heavy atom. The summed E-state index contributed by atoms with van der Waals surface area (Å²) in [5, 5.41) is 0. The molecular formula is C16H34. The highest BCUT2D eigenvalue weighted by molar-refractivity contribution is 4.80. The van der Waals surface area contributed by atoms with Crippen molar-refractivity contribution in [2.75, 3.05) is 0 Å². The van der Waals surface area contributed by atoms with Gasteiger partial charge in [-0.05, 0) is 24.2 Å². The van der Waals surface area contributed by atoms with Crippen molar-refractivity contribution in [3.8, 4) is 0 Å². The van der Waals surface area contributed by atoms with E-state index in [1.807, 2.05) is 0 Å². The van der Waals surface area contributed by atoms with Crippen LogP contribution in [0.5, 0.6) is 0 Å². The van der Waals surface area contributed by atoms with Gasteiger partial charge in [-0.1, -0.05) is 79.6 Å². The lowest BCUT2D eigenvalue weighted by atomic mass is 9.68. The molecule has 0 fully saturated rings. The van der Waals surface area contributed by atoms with Crippen molar-refractivity contribution in [2.45, 2.75) is 92.4 Å². The zero-order valence-electron chi connectivity index (χ0n) is 12.4. The summed E-state index contributed by atoms with van der Waals surface area (Å²) in [6.45, 7) is 11.9. The van der Waals surface area contributed by atoms with Crippen molar-refractivity contribution >= 4 is 0 Å². The molecular weight excluding hydrogens is 192 g/mol. The van der Waals surface area contributed by atoms with Gasteiger partial charge >= 0.3 is 0 Å². The first kappa shape index (κ1) is 16.0. The fourth-order valence-electron chi connectivity index (χ4n) is 2.94. The van der Waals surface area contributed by atoms with Crippen molar-refractivity contribution in [3.05, 3.63) is 0 Å². The molecule has 0 spiro atoms. The van der Waals surface area contributed by atoms with Crippen molar-refractivity contribution in [1.29, 1.82) is 0 Å². The van der Waals surface area contributed by atoms with E-state index in [-0.39, 0.29) is 0 Å². The van der Waals surface area contributed by atoms with Gasteiger partial charge in [0, 0.05) is 0 Å². The molecule has 98 valence electrons. The van der Waals surface area contributed by atoms with E-state index in [9.17, 15) is 0 Å². The van der Waals surface area contributed by atoms with Gasteiger partial charge in [0.15, 0.2) is 0 Å². The lowest BCUT2D eigenvalue weighted by molar-refractivity contribution is 0.138. The van der Waals surface area contributed by atoms with E-state index >= 15 is 0 Å². The molecule has 0 saturated carbocycles. The van der Waals surface area contributed by atoms with E-state index in [0.717, 1.165) is 5.92 Å². The molecule has 0 amide bonds. The maximum Gasteiger partial charge on any atom is -0.0300 e. The predicted octanol–water partition coefficient (Wildman–Crippen LogP) is 6.20. The van der Waals surface area contributed by atoms with E-state index in [4.69, 9.17) is 0 Å². The normalized spacial score (nSPS) is 17.1. The second-order valence-corrected chi connectivity index (χ2v) is 5.71. The largest absolute Gasteiger partial charge is 0.0654 e. The van der Waals surface area contributed by atoms with E-state index in [1.54, 1.807) is 0 Å². The molecule has 0 aromatic heterocycles. The van der Waals surface area contributed by atoms with Gasteiger partial charge in [-0.15, -0.1) is 0 Å². The molecule has 0 radical (unpaired) electrons. The average Bonchev–Trinajstić information content (AvgIpc) is 2.31. The second kappa shape index (κ2) is 9.07. The molecule has 0 heteroatoms. The second-order valence-electron chi connectivity index (χ2n) is 5.71. The monoisotopic (exact) mass is 226 g/mol. The Balaban J connectivity index is 4.23. The van der Waals surface area contributed by atoms with Crippen LogP contribution in [0.2, 0.25) is 0 Å². The SMILES string of the molecule is CCCCCC(CC)C(C)(CC)CCCC. The van der Waals surface area contributed by atoms with Gasteiger partial charge in [0.1, 0.15) is 0 Å². The highest BCUT2D eigenvalue weighted by atomic mass is 14.3. The van der Waals surface area contributed by atoms with Crippen LogP contribution in [0.1, 0.15) is 92.4 Å². The Morgan fingerprint density at radius 1 is 0.875 bits per heavy atom. The first-order valence-electron chi connectivity index (χ1n) is 7.64. The number of hydrogen-bond acceptors (Lipinski definition) is 0. The van der Waals surface area contributed by atoms with Crippen LogP contribution in [-0.2, 0) is 0 Å². The molecule has 0 aromatic rings. The average molecular weight is 226 g/mol. The van der Waals surface area contributed by atoms with Crippen LogP contribution in [-0.4, -0.2) is 0 Å². The van der Waals surface area contributed by atoms with Crippen LogP contribution in [0.15, 0.2) is 0 Å². The van der Waals surface area contributed by atoms with Gasteiger partial charge in [-0.3, -0.25) is 0 Å². The van der Waals surface area contributed by atoms with Crippen molar-refractivity contribution in [2.24, 2.45) is 11.3 Å². The van der Waals surface area contributed by atoms with Gasteiger partial charge in [0.2, 0.25) is 0 Å². The van der Waals surface area contributed by atoms with Crippen molar-refractivity contribution in [3.63, 3.8) is 0 Å². The maximum absolute atomic E-state index is 2.53. The van der Waals surface area contributed by atoms with Crippen LogP contribution in [0.3, 0.4) is 0 Å². The molecule has 0 aromatic carbocycles. The summed E-state index contributed by atoms with van der Waals surface area (Å²) < 4.78 is 0. The third-order valence-electron chi connectivity index (χ3n) is 4.54. The Kier molecular flexibility index (Phi) is 9.07. The third-order valence-corrected chi connectivity index (χ3v) is 4.54. The summed E-state index contributed by atoms with van der Waals surface area (Å²) >= 11 is 0. The molecule has 0 N–H and O–H groups in total. The van der Waals surface area contributed by atoms with Crippen LogP contribution in [0.25, 0.3) is 0 Å². The van der Waals surface area contributed by atoms with Crippen molar-refractivity contribution in [1.82, 2.24) is 0 Å². The third kappa shape index (κ3) is 5.37. The first-order chi connectivity index (χ1) is 7.64. The summed E-state index contributed by atoms with van der Waals surface area (Å²) in [6.07, 6.45) is 12.6. The predicted molar refractivity (Wildman–Crippen MR) is 75.8 cm³/mol. The summed E-state index contributed by atoms with van der Waals surface area (Å²) in [5.41, 5.74) is 0.610. The van der Waals surface area contributed by atoms with Crippen LogP contribution in [0.4, 0.5) is 0 Å². The molecule has 0 saturated heterocycles. The Hall–Kier alpha value is 0. The summed E-state index contributed by atoms with van der Waals surface area (Å²) in [4.78, 5) is 0.